The number of para-hydroxylation sites is 1. The molecule has 0 amide bonds. The number of alkyl halides is 3. The molecule has 0 unspecified atom stereocenters. The number of hydrogen-bond donors (Lipinski definition) is 1. The Kier molecular flexibility index (Phi) is 8.06. The molecule has 0 aliphatic rings. The topological polar surface area (TPSA) is 30.5 Å². The van der Waals surface area contributed by atoms with Crippen molar-refractivity contribution in [2.75, 3.05) is 26.4 Å². The van der Waals surface area contributed by atoms with Gasteiger partial charge in [-0.25, -0.2) is 0 Å². The Morgan fingerprint density at radius 2 is 2.00 bits per heavy atom. The number of halogens is 4. The minimum absolute atomic E-state index is 0.0689. The van der Waals surface area contributed by atoms with Crippen LogP contribution in [0.25, 0.3) is 0 Å². The Bertz CT molecular complexity index is 427. The number of rotatable bonds is 9. The molecule has 0 aromatic heterocycles. The maximum absolute atomic E-state index is 11.9. The summed E-state index contributed by atoms with van der Waals surface area (Å²) < 4.78 is 46.6. The van der Waals surface area contributed by atoms with Crippen LogP contribution in [0.2, 0.25) is 0 Å². The van der Waals surface area contributed by atoms with Gasteiger partial charge in [-0.05, 0) is 35.0 Å². The molecule has 1 aromatic rings. The summed E-state index contributed by atoms with van der Waals surface area (Å²) >= 11 is 3.38. The van der Waals surface area contributed by atoms with E-state index in [9.17, 15) is 13.2 Å². The fraction of sp³-hybridized carbons (Fsp3) is 0.571. The molecule has 0 heterocycles. The minimum atomic E-state index is -4.30. The quantitative estimate of drug-likeness (QED) is 0.669. The van der Waals surface area contributed by atoms with Crippen molar-refractivity contribution in [3.63, 3.8) is 0 Å². The van der Waals surface area contributed by atoms with Crippen LogP contribution in [0.4, 0.5) is 13.2 Å². The maximum Gasteiger partial charge on any atom is 0.411 e. The zero-order chi connectivity index (χ0) is 15.7. The highest BCUT2D eigenvalue weighted by Crippen LogP contribution is 2.29. The standard InChI is InChI=1S/C14H19BrF3NO2/c1-2-6-19-9-11-4-3-5-12(15)13(11)21-8-7-20-10-14(16,17)18/h3-5,19H,2,6-10H2,1H3. The monoisotopic (exact) mass is 369 g/mol. The van der Waals surface area contributed by atoms with Gasteiger partial charge in [0.15, 0.2) is 0 Å². The van der Waals surface area contributed by atoms with Crippen molar-refractivity contribution in [2.24, 2.45) is 0 Å². The van der Waals surface area contributed by atoms with E-state index in [4.69, 9.17) is 4.74 Å². The molecule has 0 saturated heterocycles. The van der Waals surface area contributed by atoms with Gasteiger partial charge in [0, 0.05) is 12.1 Å². The van der Waals surface area contributed by atoms with Gasteiger partial charge < -0.3 is 14.8 Å². The molecule has 0 radical (unpaired) electrons. The lowest BCUT2D eigenvalue weighted by Gasteiger charge is -2.14. The van der Waals surface area contributed by atoms with Crippen LogP contribution >= 0.6 is 15.9 Å². The highest BCUT2D eigenvalue weighted by atomic mass is 79.9. The third kappa shape index (κ3) is 7.68. The molecular formula is C14H19BrF3NO2. The summed E-state index contributed by atoms with van der Waals surface area (Å²) in [4.78, 5) is 0. The Hall–Kier alpha value is -0.790. The Balaban J connectivity index is 2.45. The second-order valence-corrected chi connectivity index (χ2v) is 5.28. The summed E-state index contributed by atoms with van der Waals surface area (Å²) in [5, 5.41) is 3.26. The first-order valence-corrected chi connectivity index (χ1v) is 7.48. The second kappa shape index (κ2) is 9.27. The predicted molar refractivity (Wildman–Crippen MR) is 78.5 cm³/mol. The lowest BCUT2D eigenvalue weighted by Crippen LogP contribution is -2.20. The lowest BCUT2D eigenvalue weighted by molar-refractivity contribution is -0.175. The molecular weight excluding hydrogens is 351 g/mol. The summed E-state index contributed by atoms with van der Waals surface area (Å²) in [5.74, 6) is 0.636. The molecule has 3 nitrogen and oxygen atoms in total. The first-order valence-electron chi connectivity index (χ1n) is 6.69. The van der Waals surface area contributed by atoms with Crippen LogP contribution in [-0.2, 0) is 11.3 Å². The number of nitrogens with one attached hydrogen (secondary N) is 1. The Morgan fingerprint density at radius 3 is 2.67 bits per heavy atom. The molecule has 1 N–H and O–H groups in total. The number of hydrogen-bond acceptors (Lipinski definition) is 3. The first-order chi connectivity index (χ1) is 9.94. The van der Waals surface area contributed by atoms with Crippen molar-refractivity contribution in [1.82, 2.24) is 5.32 Å². The summed E-state index contributed by atoms with van der Waals surface area (Å²) in [6, 6.07) is 5.63. The van der Waals surface area contributed by atoms with Gasteiger partial charge in [-0.1, -0.05) is 19.1 Å². The zero-order valence-corrected chi connectivity index (χ0v) is 13.4. The Morgan fingerprint density at radius 1 is 1.24 bits per heavy atom. The van der Waals surface area contributed by atoms with Gasteiger partial charge in [0.05, 0.1) is 11.1 Å². The van der Waals surface area contributed by atoms with Gasteiger partial charge in [-0.15, -0.1) is 0 Å². The molecule has 0 bridgehead atoms. The van der Waals surface area contributed by atoms with Crippen molar-refractivity contribution >= 4 is 15.9 Å². The van der Waals surface area contributed by atoms with Gasteiger partial charge >= 0.3 is 6.18 Å². The van der Waals surface area contributed by atoms with Crippen molar-refractivity contribution in [3.05, 3.63) is 28.2 Å². The van der Waals surface area contributed by atoms with E-state index in [1.54, 1.807) is 0 Å². The first kappa shape index (κ1) is 18.3. The number of ether oxygens (including phenoxy) is 2. The average molecular weight is 370 g/mol. The van der Waals surface area contributed by atoms with Crippen LogP contribution in [0.15, 0.2) is 22.7 Å². The van der Waals surface area contributed by atoms with Crippen molar-refractivity contribution < 1.29 is 22.6 Å². The Labute approximate surface area is 130 Å². The van der Waals surface area contributed by atoms with E-state index in [2.05, 4.69) is 32.9 Å². The molecule has 7 heteroatoms. The van der Waals surface area contributed by atoms with E-state index in [0.29, 0.717) is 12.3 Å². The van der Waals surface area contributed by atoms with E-state index in [-0.39, 0.29) is 13.2 Å². The van der Waals surface area contributed by atoms with E-state index in [0.717, 1.165) is 23.0 Å². The van der Waals surface area contributed by atoms with Gasteiger partial charge in [0.1, 0.15) is 19.0 Å². The molecule has 21 heavy (non-hydrogen) atoms. The minimum Gasteiger partial charge on any atom is -0.490 e. The van der Waals surface area contributed by atoms with E-state index in [1.807, 2.05) is 18.2 Å². The van der Waals surface area contributed by atoms with Crippen LogP contribution < -0.4 is 10.1 Å². The lowest BCUT2D eigenvalue weighted by atomic mass is 10.2. The molecule has 0 saturated carbocycles. The van der Waals surface area contributed by atoms with Crippen LogP contribution in [0.1, 0.15) is 18.9 Å². The molecule has 0 fully saturated rings. The van der Waals surface area contributed by atoms with Crippen molar-refractivity contribution in [1.29, 1.82) is 0 Å². The molecule has 1 aromatic carbocycles. The third-order valence-corrected chi connectivity index (χ3v) is 3.16. The van der Waals surface area contributed by atoms with Crippen LogP contribution in [0.5, 0.6) is 5.75 Å². The third-order valence-electron chi connectivity index (χ3n) is 2.53. The fourth-order valence-corrected chi connectivity index (χ4v) is 2.17. The molecule has 0 aliphatic heterocycles. The van der Waals surface area contributed by atoms with Crippen LogP contribution in [-0.4, -0.2) is 32.5 Å². The zero-order valence-electron chi connectivity index (χ0n) is 11.8. The summed E-state index contributed by atoms with van der Waals surface area (Å²) in [6.45, 7) is 2.31. The molecule has 0 spiro atoms. The largest absolute Gasteiger partial charge is 0.490 e. The van der Waals surface area contributed by atoms with E-state index >= 15 is 0 Å². The highest BCUT2D eigenvalue weighted by molar-refractivity contribution is 9.10. The second-order valence-electron chi connectivity index (χ2n) is 4.42. The fourth-order valence-electron chi connectivity index (χ4n) is 1.64. The average Bonchev–Trinajstić information content (AvgIpc) is 2.40. The smallest absolute Gasteiger partial charge is 0.411 e. The SMILES string of the molecule is CCCNCc1cccc(Br)c1OCCOCC(F)(F)F. The van der Waals surface area contributed by atoms with Gasteiger partial charge in [-0.3, -0.25) is 0 Å². The van der Waals surface area contributed by atoms with Crippen LogP contribution in [0, 0.1) is 0 Å². The summed E-state index contributed by atoms with van der Waals surface area (Å²) in [5.41, 5.74) is 0.952. The molecule has 0 aliphatic carbocycles. The normalized spacial score (nSPS) is 11.7. The number of benzene rings is 1. The summed E-state index contributed by atoms with van der Waals surface area (Å²) in [6.07, 6.45) is -3.28. The van der Waals surface area contributed by atoms with Gasteiger partial charge in [0.25, 0.3) is 0 Å². The van der Waals surface area contributed by atoms with Crippen molar-refractivity contribution in [2.45, 2.75) is 26.1 Å². The van der Waals surface area contributed by atoms with E-state index < -0.39 is 12.8 Å². The van der Waals surface area contributed by atoms with Crippen LogP contribution in [0.3, 0.4) is 0 Å². The van der Waals surface area contributed by atoms with E-state index in [1.165, 1.54) is 0 Å². The van der Waals surface area contributed by atoms with Gasteiger partial charge in [-0.2, -0.15) is 13.2 Å². The highest BCUT2D eigenvalue weighted by Gasteiger charge is 2.27. The predicted octanol–water partition coefficient (Wildman–Crippen LogP) is 3.91. The molecule has 1 rings (SSSR count). The van der Waals surface area contributed by atoms with Gasteiger partial charge in [0.2, 0.25) is 0 Å². The molecule has 120 valence electrons. The maximum atomic E-state index is 11.9. The molecule has 0 atom stereocenters. The van der Waals surface area contributed by atoms with Crippen molar-refractivity contribution in [3.8, 4) is 5.75 Å². The summed E-state index contributed by atoms with van der Waals surface area (Å²) in [7, 11) is 0.